The molecule has 1 aromatic carbocycles. The van der Waals surface area contributed by atoms with Crippen LogP contribution in [-0.4, -0.2) is 65.8 Å². The molecule has 2 amide bonds. The molecule has 3 heterocycles. The molecule has 1 fully saturated rings. The van der Waals surface area contributed by atoms with Gasteiger partial charge in [0, 0.05) is 45.7 Å². The number of piperazine rings is 1. The van der Waals surface area contributed by atoms with Crippen LogP contribution in [0.4, 0.5) is 0 Å². The van der Waals surface area contributed by atoms with Crippen LogP contribution in [0.5, 0.6) is 0 Å². The number of benzene rings is 1. The van der Waals surface area contributed by atoms with E-state index in [2.05, 4.69) is 29.2 Å². The van der Waals surface area contributed by atoms with Crippen LogP contribution in [0, 0.1) is 0 Å². The molecule has 2 aromatic heterocycles. The summed E-state index contributed by atoms with van der Waals surface area (Å²) in [5, 5.41) is 0. The summed E-state index contributed by atoms with van der Waals surface area (Å²) >= 11 is 0. The molecule has 0 spiro atoms. The van der Waals surface area contributed by atoms with E-state index < -0.39 is 0 Å². The van der Waals surface area contributed by atoms with Gasteiger partial charge in [-0.3, -0.25) is 14.5 Å². The fourth-order valence-electron chi connectivity index (χ4n) is 3.88. The van der Waals surface area contributed by atoms with Crippen LogP contribution in [0.15, 0.2) is 82.2 Å². The Kier molecular flexibility index (Phi) is 7.76. The molecular weight excluding hydrogens is 418 g/mol. The molecule has 0 aliphatic carbocycles. The Balaban J connectivity index is 1.25. The number of hydrogen-bond acceptors (Lipinski definition) is 5. The van der Waals surface area contributed by atoms with Crippen LogP contribution < -0.4 is 0 Å². The molecule has 33 heavy (non-hydrogen) atoms. The van der Waals surface area contributed by atoms with Crippen LogP contribution in [-0.2, 0) is 11.3 Å². The molecule has 0 radical (unpaired) electrons. The van der Waals surface area contributed by atoms with Crippen molar-refractivity contribution in [3.05, 3.63) is 90.3 Å². The summed E-state index contributed by atoms with van der Waals surface area (Å²) in [6, 6.07) is 15.5. The molecule has 7 nitrogen and oxygen atoms in total. The van der Waals surface area contributed by atoms with Crippen LogP contribution in [0.3, 0.4) is 0 Å². The first-order valence-electron chi connectivity index (χ1n) is 11.2. The van der Waals surface area contributed by atoms with Gasteiger partial charge < -0.3 is 18.6 Å². The number of amides is 2. The molecule has 3 aromatic rings. The molecule has 4 rings (SSSR count). The Morgan fingerprint density at radius 3 is 2.48 bits per heavy atom. The first-order valence-corrected chi connectivity index (χ1v) is 11.2. The molecule has 1 aliphatic rings. The van der Waals surface area contributed by atoms with Gasteiger partial charge in [-0.25, -0.2) is 0 Å². The van der Waals surface area contributed by atoms with Crippen molar-refractivity contribution in [1.29, 1.82) is 0 Å². The first-order chi connectivity index (χ1) is 16.2. The van der Waals surface area contributed by atoms with Crippen LogP contribution in [0.25, 0.3) is 6.08 Å². The average molecular weight is 448 g/mol. The van der Waals surface area contributed by atoms with E-state index in [1.165, 1.54) is 18.1 Å². The van der Waals surface area contributed by atoms with Crippen LogP contribution in [0.2, 0.25) is 0 Å². The van der Waals surface area contributed by atoms with Gasteiger partial charge in [0.05, 0.1) is 24.6 Å². The predicted molar refractivity (Wildman–Crippen MR) is 125 cm³/mol. The first kappa shape index (κ1) is 22.6. The summed E-state index contributed by atoms with van der Waals surface area (Å²) in [7, 11) is 0. The van der Waals surface area contributed by atoms with E-state index in [-0.39, 0.29) is 18.2 Å². The molecule has 1 aliphatic heterocycles. The largest absolute Gasteiger partial charge is 0.472 e. The zero-order valence-corrected chi connectivity index (χ0v) is 18.6. The van der Waals surface area contributed by atoms with Gasteiger partial charge in [0.1, 0.15) is 12.0 Å². The molecular formula is C26H29N3O4. The summed E-state index contributed by atoms with van der Waals surface area (Å²) in [4.78, 5) is 31.6. The molecule has 0 N–H and O–H groups in total. The summed E-state index contributed by atoms with van der Waals surface area (Å²) in [6.07, 6.45) is 9.04. The Bertz CT molecular complexity index is 1020. The molecule has 172 valence electrons. The van der Waals surface area contributed by atoms with Gasteiger partial charge in [-0.1, -0.05) is 42.5 Å². The third-order valence-corrected chi connectivity index (χ3v) is 5.78. The van der Waals surface area contributed by atoms with E-state index in [4.69, 9.17) is 8.83 Å². The zero-order valence-electron chi connectivity index (χ0n) is 18.6. The number of hydrogen-bond donors (Lipinski definition) is 0. The van der Waals surface area contributed by atoms with Crippen molar-refractivity contribution >= 4 is 17.9 Å². The van der Waals surface area contributed by atoms with Crippen molar-refractivity contribution in [2.24, 2.45) is 0 Å². The van der Waals surface area contributed by atoms with E-state index in [9.17, 15) is 9.59 Å². The topological polar surface area (TPSA) is 70.1 Å². The van der Waals surface area contributed by atoms with Gasteiger partial charge in [0.25, 0.3) is 5.91 Å². The average Bonchev–Trinajstić information content (AvgIpc) is 3.57. The minimum Gasteiger partial charge on any atom is -0.472 e. The summed E-state index contributed by atoms with van der Waals surface area (Å²) < 4.78 is 10.5. The van der Waals surface area contributed by atoms with Crippen molar-refractivity contribution in [3.8, 4) is 0 Å². The Labute approximate surface area is 193 Å². The smallest absolute Gasteiger partial charge is 0.257 e. The van der Waals surface area contributed by atoms with Crippen molar-refractivity contribution < 1.29 is 18.4 Å². The van der Waals surface area contributed by atoms with Gasteiger partial charge in [0.15, 0.2) is 0 Å². The summed E-state index contributed by atoms with van der Waals surface area (Å²) in [5.74, 6) is 0.568. The minimum absolute atomic E-state index is 0.0684. The van der Waals surface area contributed by atoms with Crippen molar-refractivity contribution in [2.75, 3.05) is 39.3 Å². The normalized spacial score (nSPS) is 14.6. The quantitative estimate of drug-likeness (QED) is 0.500. The molecule has 0 saturated carbocycles. The lowest BCUT2D eigenvalue weighted by atomic mass is 10.2. The Morgan fingerprint density at radius 2 is 1.79 bits per heavy atom. The van der Waals surface area contributed by atoms with Gasteiger partial charge >= 0.3 is 0 Å². The maximum atomic E-state index is 12.9. The van der Waals surface area contributed by atoms with Gasteiger partial charge in [0.2, 0.25) is 5.91 Å². The number of rotatable bonds is 9. The minimum atomic E-state index is -0.178. The summed E-state index contributed by atoms with van der Waals surface area (Å²) in [6.45, 7) is 4.59. The standard InChI is InChI=1S/C26H29N3O4/c30-25(28-16-14-27(15-17-28)12-4-8-22-6-2-1-3-7-22)10-13-29(20-24-9-5-18-33-24)26(31)23-11-19-32-21-23/h1-9,11,18-19,21H,10,12-17,20H2/b8-4+. The maximum Gasteiger partial charge on any atom is 0.257 e. The zero-order chi connectivity index (χ0) is 22.9. The SMILES string of the molecule is O=C(CCN(Cc1ccco1)C(=O)c1ccoc1)N1CCN(C/C=C/c2ccccc2)CC1. The number of furan rings is 2. The molecule has 0 unspecified atom stereocenters. The highest BCUT2D eigenvalue weighted by Crippen LogP contribution is 2.13. The molecule has 7 heteroatoms. The third-order valence-electron chi connectivity index (χ3n) is 5.78. The second-order valence-corrected chi connectivity index (χ2v) is 8.06. The van der Waals surface area contributed by atoms with Gasteiger partial charge in [-0.15, -0.1) is 0 Å². The van der Waals surface area contributed by atoms with E-state index in [0.29, 0.717) is 37.5 Å². The van der Waals surface area contributed by atoms with Gasteiger partial charge in [-0.2, -0.15) is 0 Å². The fourth-order valence-corrected chi connectivity index (χ4v) is 3.88. The highest BCUT2D eigenvalue weighted by Gasteiger charge is 2.23. The third kappa shape index (κ3) is 6.46. The molecule has 1 saturated heterocycles. The lowest BCUT2D eigenvalue weighted by Gasteiger charge is -2.34. The monoisotopic (exact) mass is 447 g/mol. The van der Waals surface area contributed by atoms with Crippen LogP contribution >= 0.6 is 0 Å². The highest BCUT2D eigenvalue weighted by atomic mass is 16.3. The van der Waals surface area contributed by atoms with Crippen LogP contribution in [0.1, 0.15) is 28.1 Å². The van der Waals surface area contributed by atoms with E-state index in [1.54, 1.807) is 23.3 Å². The van der Waals surface area contributed by atoms with Crippen molar-refractivity contribution in [2.45, 2.75) is 13.0 Å². The van der Waals surface area contributed by atoms with E-state index in [1.807, 2.05) is 29.2 Å². The van der Waals surface area contributed by atoms with E-state index in [0.717, 1.165) is 19.6 Å². The molecule has 0 bridgehead atoms. The summed E-state index contributed by atoms with van der Waals surface area (Å²) in [5.41, 5.74) is 1.65. The maximum absolute atomic E-state index is 12.9. The Morgan fingerprint density at radius 1 is 0.970 bits per heavy atom. The van der Waals surface area contributed by atoms with Crippen molar-refractivity contribution in [1.82, 2.24) is 14.7 Å². The Hall–Kier alpha value is -3.58. The highest BCUT2D eigenvalue weighted by molar-refractivity contribution is 5.94. The second kappa shape index (κ2) is 11.3. The van der Waals surface area contributed by atoms with E-state index >= 15 is 0 Å². The lowest BCUT2D eigenvalue weighted by molar-refractivity contribution is -0.133. The number of carbonyl (C=O) groups excluding carboxylic acids is 2. The van der Waals surface area contributed by atoms with Crippen molar-refractivity contribution in [3.63, 3.8) is 0 Å². The number of nitrogens with zero attached hydrogens (tertiary/aromatic N) is 3. The lowest BCUT2D eigenvalue weighted by Crippen LogP contribution is -2.49. The second-order valence-electron chi connectivity index (χ2n) is 8.06. The molecule has 0 atom stereocenters. The fraction of sp³-hybridized carbons (Fsp3) is 0.308. The van der Waals surface area contributed by atoms with Gasteiger partial charge in [-0.05, 0) is 23.8 Å². The predicted octanol–water partition coefficient (Wildman–Crippen LogP) is 3.76. The number of carbonyl (C=O) groups is 2.